The molecule has 1 aliphatic rings. The molecule has 0 radical (unpaired) electrons. The normalized spacial score (nSPS) is 26.2. The van der Waals surface area contributed by atoms with Gasteiger partial charge in [-0.3, -0.25) is 9.11 Å². The highest BCUT2D eigenvalue weighted by Crippen LogP contribution is 2.24. The average Bonchev–Trinajstić information content (AvgIpc) is 2.90. The van der Waals surface area contributed by atoms with E-state index >= 15 is 0 Å². The molecule has 0 aliphatic carbocycles. The largest absolute Gasteiger partial charge is 0.441 e. The van der Waals surface area contributed by atoms with Crippen LogP contribution in [0.2, 0.25) is 0 Å². The summed E-state index contributed by atoms with van der Waals surface area (Å²) in [5.74, 6) is 2.29. The minimum Gasteiger partial charge on any atom is -0.441 e. The van der Waals surface area contributed by atoms with Crippen LogP contribution in [0.15, 0.2) is 34.7 Å². The predicted octanol–water partition coefficient (Wildman–Crippen LogP) is 2.99. The van der Waals surface area contributed by atoms with Crippen LogP contribution >= 0.6 is 0 Å². The molecule has 3 atom stereocenters. The molecule has 0 unspecified atom stereocenters. The van der Waals surface area contributed by atoms with Crippen molar-refractivity contribution < 1.29 is 8.63 Å². The van der Waals surface area contributed by atoms with Gasteiger partial charge in [0.25, 0.3) is 0 Å². The maximum atomic E-state index is 11.9. The van der Waals surface area contributed by atoms with Gasteiger partial charge in [-0.25, -0.2) is 4.98 Å². The number of nitrogens with zero attached hydrogens (tertiary/aromatic N) is 2. The molecule has 22 heavy (non-hydrogen) atoms. The van der Waals surface area contributed by atoms with Crippen LogP contribution in [0.4, 0.5) is 0 Å². The Morgan fingerprint density at radius 1 is 1.32 bits per heavy atom. The molecule has 2 aromatic rings. The second-order valence-corrected chi connectivity index (χ2v) is 7.80. The molecular formula is C17H22N2O2S. The van der Waals surface area contributed by atoms with Gasteiger partial charge in [0.15, 0.2) is 0 Å². The monoisotopic (exact) mass is 318 g/mol. The van der Waals surface area contributed by atoms with Crippen molar-refractivity contribution in [2.75, 3.05) is 12.3 Å². The van der Waals surface area contributed by atoms with Crippen LogP contribution in [0.25, 0.3) is 11.5 Å². The number of hydrogen-bond acceptors (Lipinski definition) is 4. The van der Waals surface area contributed by atoms with Crippen molar-refractivity contribution in [3.05, 3.63) is 41.8 Å². The van der Waals surface area contributed by atoms with Gasteiger partial charge in [0.1, 0.15) is 5.76 Å². The molecule has 2 heterocycles. The van der Waals surface area contributed by atoms with Crippen LogP contribution in [-0.4, -0.2) is 37.7 Å². The van der Waals surface area contributed by atoms with Crippen molar-refractivity contribution in [3.8, 4) is 11.5 Å². The van der Waals surface area contributed by atoms with Gasteiger partial charge < -0.3 is 4.42 Å². The summed E-state index contributed by atoms with van der Waals surface area (Å²) in [5, 5.41) is 0.203. The Balaban J connectivity index is 1.79. The first-order valence-corrected chi connectivity index (χ1v) is 9.07. The molecule has 1 aliphatic heterocycles. The van der Waals surface area contributed by atoms with E-state index in [0.717, 1.165) is 35.9 Å². The average molecular weight is 318 g/mol. The van der Waals surface area contributed by atoms with Crippen LogP contribution in [0, 0.1) is 6.92 Å². The number of aryl methyl sites for hydroxylation is 1. The van der Waals surface area contributed by atoms with E-state index < -0.39 is 10.8 Å². The van der Waals surface area contributed by atoms with E-state index in [-0.39, 0.29) is 5.25 Å². The highest BCUT2D eigenvalue weighted by molar-refractivity contribution is 7.85. The Hall–Kier alpha value is -1.46. The number of hydrogen-bond donors (Lipinski definition) is 0. The molecule has 4 nitrogen and oxygen atoms in total. The summed E-state index contributed by atoms with van der Waals surface area (Å²) in [6, 6.07) is 10.3. The van der Waals surface area contributed by atoms with Crippen molar-refractivity contribution in [1.29, 1.82) is 0 Å². The summed E-state index contributed by atoms with van der Waals surface area (Å²) < 4.78 is 17.7. The van der Waals surface area contributed by atoms with Gasteiger partial charge in [-0.15, -0.1) is 0 Å². The van der Waals surface area contributed by atoms with Gasteiger partial charge in [-0.2, -0.15) is 0 Å². The van der Waals surface area contributed by atoms with Gasteiger partial charge in [0, 0.05) is 46.5 Å². The standard InChI is InChI=1S/C17H22N2O2S/c1-12-14(3)22(20)10-9-19(12)11-16-13(2)21-17(18-16)15-7-5-4-6-8-15/h4-8,12,14H,9-11H2,1-3H3/t12-,14+,22+/m0/s1. The van der Waals surface area contributed by atoms with E-state index in [1.165, 1.54) is 0 Å². The summed E-state index contributed by atoms with van der Waals surface area (Å²) in [4.78, 5) is 7.02. The molecule has 0 saturated carbocycles. The topological polar surface area (TPSA) is 46.3 Å². The first kappa shape index (κ1) is 15.4. The Morgan fingerprint density at radius 2 is 2.05 bits per heavy atom. The minimum absolute atomic E-state index is 0.203. The van der Waals surface area contributed by atoms with Gasteiger partial charge in [0.2, 0.25) is 5.89 Å². The lowest BCUT2D eigenvalue weighted by molar-refractivity contribution is 0.198. The number of rotatable bonds is 3. The zero-order valence-electron chi connectivity index (χ0n) is 13.3. The second-order valence-electron chi connectivity index (χ2n) is 5.89. The lowest BCUT2D eigenvalue weighted by Gasteiger charge is -2.36. The molecule has 0 spiro atoms. The van der Waals surface area contributed by atoms with Crippen LogP contribution < -0.4 is 0 Å². The van der Waals surface area contributed by atoms with Crippen LogP contribution in [-0.2, 0) is 17.3 Å². The molecule has 1 aromatic carbocycles. The second kappa shape index (κ2) is 6.34. The molecular weight excluding hydrogens is 296 g/mol. The van der Waals surface area contributed by atoms with Crippen molar-refractivity contribution in [1.82, 2.24) is 9.88 Å². The first-order valence-electron chi connectivity index (χ1n) is 7.69. The zero-order chi connectivity index (χ0) is 15.7. The van der Waals surface area contributed by atoms with Gasteiger partial charge in [0.05, 0.1) is 5.69 Å². The fourth-order valence-corrected chi connectivity index (χ4v) is 4.21. The molecule has 0 amide bonds. The fourth-order valence-electron chi connectivity index (χ4n) is 2.81. The smallest absolute Gasteiger partial charge is 0.226 e. The third-order valence-electron chi connectivity index (χ3n) is 4.52. The highest BCUT2D eigenvalue weighted by Gasteiger charge is 2.30. The summed E-state index contributed by atoms with van der Waals surface area (Å²) in [7, 11) is -0.709. The SMILES string of the molecule is Cc1oc(-c2ccccc2)nc1CN1CC[S@@](=O)[C@H](C)[C@@H]1C. The van der Waals surface area contributed by atoms with Crippen LogP contribution in [0.3, 0.4) is 0 Å². The van der Waals surface area contributed by atoms with E-state index in [4.69, 9.17) is 4.42 Å². The van der Waals surface area contributed by atoms with Crippen molar-refractivity contribution in [3.63, 3.8) is 0 Å². The molecule has 118 valence electrons. The van der Waals surface area contributed by atoms with Crippen molar-refractivity contribution in [2.45, 2.75) is 38.6 Å². The number of oxazole rings is 1. The first-order chi connectivity index (χ1) is 10.6. The van der Waals surface area contributed by atoms with Crippen molar-refractivity contribution >= 4 is 10.8 Å². The summed E-state index contributed by atoms with van der Waals surface area (Å²) in [6.07, 6.45) is 0. The minimum atomic E-state index is -0.709. The van der Waals surface area contributed by atoms with E-state index in [1.807, 2.05) is 37.3 Å². The van der Waals surface area contributed by atoms with Gasteiger partial charge >= 0.3 is 0 Å². The van der Waals surface area contributed by atoms with E-state index in [2.05, 4.69) is 23.7 Å². The lowest BCUT2D eigenvalue weighted by atomic mass is 10.2. The summed E-state index contributed by atoms with van der Waals surface area (Å²) >= 11 is 0. The fraction of sp³-hybridized carbons (Fsp3) is 0.471. The highest BCUT2D eigenvalue weighted by atomic mass is 32.2. The van der Waals surface area contributed by atoms with Gasteiger partial charge in [-0.05, 0) is 32.9 Å². The third-order valence-corrected chi connectivity index (χ3v) is 6.32. The molecule has 1 saturated heterocycles. The van der Waals surface area contributed by atoms with E-state index in [1.54, 1.807) is 0 Å². The Bertz CT molecular complexity index is 669. The van der Waals surface area contributed by atoms with Crippen molar-refractivity contribution in [2.24, 2.45) is 0 Å². The lowest BCUT2D eigenvalue weighted by Crippen LogP contribution is -2.49. The maximum absolute atomic E-state index is 11.9. The third kappa shape index (κ3) is 3.01. The molecule has 1 fully saturated rings. The Labute approximate surface area is 134 Å². The predicted molar refractivity (Wildman–Crippen MR) is 89.0 cm³/mol. The number of aromatic nitrogens is 1. The molecule has 0 bridgehead atoms. The zero-order valence-corrected chi connectivity index (χ0v) is 14.1. The van der Waals surface area contributed by atoms with Gasteiger partial charge in [-0.1, -0.05) is 18.2 Å². The molecule has 1 aromatic heterocycles. The molecule has 0 N–H and O–H groups in total. The Kier molecular flexibility index (Phi) is 4.45. The molecule has 3 rings (SSSR count). The maximum Gasteiger partial charge on any atom is 0.226 e. The van der Waals surface area contributed by atoms with Crippen LogP contribution in [0.1, 0.15) is 25.3 Å². The number of benzene rings is 1. The Morgan fingerprint density at radius 3 is 2.77 bits per heavy atom. The summed E-state index contributed by atoms with van der Waals surface area (Å²) in [5.41, 5.74) is 1.98. The van der Waals surface area contributed by atoms with E-state index in [9.17, 15) is 4.21 Å². The van der Waals surface area contributed by atoms with E-state index in [0.29, 0.717) is 11.9 Å². The van der Waals surface area contributed by atoms with Crippen LogP contribution in [0.5, 0.6) is 0 Å². The molecule has 5 heteroatoms. The summed E-state index contributed by atoms with van der Waals surface area (Å²) in [6.45, 7) is 7.79. The quantitative estimate of drug-likeness (QED) is 0.873.